The highest BCUT2D eigenvalue weighted by molar-refractivity contribution is 5.79. The summed E-state index contributed by atoms with van der Waals surface area (Å²) < 4.78 is 0. The van der Waals surface area contributed by atoms with Crippen molar-refractivity contribution in [3.05, 3.63) is 6.92 Å². The highest BCUT2D eigenvalue weighted by Gasteiger charge is 1.88. The van der Waals surface area contributed by atoms with Crippen molar-refractivity contribution in [3.63, 3.8) is 0 Å². The maximum atomic E-state index is 9.85. The number of carbonyl (C=O) groups is 1. The Bertz CT molecular complexity index is 58.6. The zero-order chi connectivity index (χ0) is 5.15. The summed E-state index contributed by atoms with van der Waals surface area (Å²) in [5.74, 6) is -0.407. The third-order valence-corrected chi connectivity index (χ3v) is 0.441. The maximum Gasteiger partial charge on any atom is 0.226 e. The normalized spacial score (nSPS) is 7.83. The Kier molecular flexibility index (Phi) is 1.64. The third-order valence-electron chi connectivity index (χ3n) is 0.441. The molecule has 1 amide bonds. The molecule has 0 aromatic heterocycles. The Hall–Kier alpha value is -0.530. The molecular weight excluding hydrogens is 78.0 g/mol. The third kappa shape index (κ3) is 1.76. The molecular formula is C4H7NO. The van der Waals surface area contributed by atoms with Gasteiger partial charge in [-0.3, -0.25) is 4.79 Å². The topological polar surface area (TPSA) is 20.3 Å². The van der Waals surface area contributed by atoms with Gasteiger partial charge in [0.15, 0.2) is 0 Å². The predicted molar refractivity (Wildman–Crippen MR) is 23.0 cm³/mol. The van der Waals surface area contributed by atoms with Gasteiger partial charge < -0.3 is 4.90 Å². The fraction of sp³-hybridized carbons (Fsp3) is 0.500. The zero-order valence-corrected chi connectivity index (χ0v) is 3.93. The summed E-state index contributed by atoms with van der Waals surface area (Å²) in [7, 11) is 3.20. The van der Waals surface area contributed by atoms with Crippen LogP contribution in [0.25, 0.3) is 0 Å². The number of hydrogen-bond donors (Lipinski definition) is 0. The van der Waals surface area contributed by atoms with E-state index in [0.29, 0.717) is 0 Å². The molecule has 0 fully saturated rings. The SMILES string of the molecule is [CH]C(=O)N(C)C. The van der Waals surface area contributed by atoms with Gasteiger partial charge in [0.05, 0.1) is 6.92 Å². The summed E-state index contributed by atoms with van der Waals surface area (Å²) in [5, 5.41) is 0. The van der Waals surface area contributed by atoms with Crippen LogP contribution >= 0.6 is 0 Å². The fourth-order valence-corrected chi connectivity index (χ4v) is 0. The molecule has 0 heterocycles. The Labute approximate surface area is 37.8 Å². The smallest absolute Gasteiger partial charge is 0.226 e. The quantitative estimate of drug-likeness (QED) is 0.398. The zero-order valence-electron chi connectivity index (χ0n) is 3.93. The fourth-order valence-electron chi connectivity index (χ4n) is 0. The average Bonchev–Trinajstić information content (AvgIpc) is 1.36. The minimum Gasteiger partial charge on any atom is -0.349 e. The van der Waals surface area contributed by atoms with E-state index in [2.05, 4.69) is 0 Å². The van der Waals surface area contributed by atoms with Gasteiger partial charge in [-0.1, -0.05) is 0 Å². The van der Waals surface area contributed by atoms with Gasteiger partial charge in [0, 0.05) is 14.1 Å². The van der Waals surface area contributed by atoms with Gasteiger partial charge in [-0.2, -0.15) is 0 Å². The molecule has 2 nitrogen and oxygen atoms in total. The summed E-state index contributed by atoms with van der Waals surface area (Å²) in [6.45, 7) is 4.72. The molecule has 0 aromatic carbocycles. The second-order valence-corrected chi connectivity index (χ2v) is 1.23. The molecule has 0 rings (SSSR count). The van der Waals surface area contributed by atoms with Crippen LogP contribution in [-0.4, -0.2) is 24.9 Å². The lowest BCUT2D eigenvalue weighted by Crippen LogP contribution is -2.17. The Morgan fingerprint density at radius 3 is 1.83 bits per heavy atom. The first-order chi connectivity index (χ1) is 2.64. The molecule has 0 bridgehead atoms. The van der Waals surface area contributed by atoms with E-state index in [1.807, 2.05) is 0 Å². The van der Waals surface area contributed by atoms with Crippen LogP contribution in [-0.2, 0) is 4.79 Å². The van der Waals surface area contributed by atoms with Crippen molar-refractivity contribution in [3.8, 4) is 0 Å². The summed E-state index contributed by atoms with van der Waals surface area (Å²) >= 11 is 0. The van der Waals surface area contributed by atoms with Crippen molar-refractivity contribution in [2.24, 2.45) is 0 Å². The highest BCUT2D eigenvalue weighted by atomic mass is 16.2. The first-order valence-electron chi connectivity index (χ1n) is 1.61. The summed E-state index contributed by atoms with van der Waals surface area (Å²) in [6, 6.07) is 0. The van der Waals surface area contributed by atoms with Crippen LogP contribution in [0.2, 0.25) is 0 Å². The molecule has 0 aliphatic rings. The van der Waals surface area contributed by atoms with Gasteiger partial charge in [0.1, 0.15) is 0 Å². The Morgan fingerprint density at radius 2 is 1.83 bits per heavy atom. The van der Waals surface area contributed by atoms with Crippen molar-refractivity contribution in [2.45, 2.75) is 0 Å². The van der Waals surface area contributed by atoms with E-state index in [1.165, 1.54) is 4.90 Å². The summed E-state index contributed by atoms with van der Waals surface area (Å²) in [5.41, 5.74) is 0. The number of amides is 1. The van der Waals surface area contributed by atoms with Crippen molar-refractivity contribution in [1.82, 2.24) is 4.90 Å². The molecule has 0 unspecified atom stereocenters. The van der Waals surface area contributed by atoms with Gasteiger partial charge >= 0.3 is 0 Å². The lowest BCUT2D eigenvalue weighted by molar-refractivity contribution is -0.123. The van der Waals surface area contributed by atoms with E-state index >= 15 is 0 Å². The molecule has 0 atom stereocenters. The average molecular weight is 85.1 g/mol. The number of rotatable bonds is 0. The molecule has 0 aliphatic carbocycles. The van der Waals surface area contributed by atoms with Crippen molar-refractivity contribution >= 4 is 5.91 Å². The van der Waals surface area contributed by atoms with Gasteiger partial charge in [0.2, 0.25) is 5.91 Å². The Balaban J connectivity index is 3.26. The standard InChI is InChI=1S/C4H7NO/c1-4(6)5(2)3/h1H,2-3H3. The second-order valence-electron chi connectivity index (χ2n) is 1.23. The summed E-state index contributed by atoms with van der Waals surface area (Å²) in [6.07, 6.45) is 0. The van der Waals surface area contributed by atoms with Crippen LogP contribution in [0.15, 0.2) is 0 Å². The van der Waals surface area contributed by atoms with E-state index in [1.54, 1.807) is 14.1 Å². The van der Waals surface area contributed by atoms with Crippen LogP contribution in [0, 0.1) is 6.92 Å². The molecule has 0 aliphatic heterocycles. The van der Waals surface area contributed by atoms with Gasteiger partial charge in [-0.15, -0.1) is 0 Å². The highest BCUT2D eigenvalue weighted by Crippen LogP contribution is 1.68. The maximum absolute atomic E-state index is 9.85. The number of hydrogen-bond acceptors (Lipinski definition) is 1. The minimum atomic E-state index is -0.407. The molecule has 2 heteroatoms. The molecule has 6 heavy (non-hydrogen) atoms. The first-order valence-corrected chi connectivity index (χ1v) is 1.61. The first kappa shape index (κ1) is 5.47. The van der Waals surface area contributed by atoms with E-state index in [0.717, 1.165) is 0 Å². The summed E-state index contributed by atoms with van der Waals surface area (Å²) in [4.78, 5) is 11.2. The molecule has 2 radical (unpaired) electrons. The molecule has 0 saturated heterocycles. The van der Waals surface area contributed by atoms with E-state index in [9.17, 15) is 4.79 Å². The Morgan fingerprint density at radius 1 is 1.67 bits per heavy atom. The van der Waals surface area contributed by atoms with E-state index in [-0.39, 0.29) is 0 Å². The molecule has 0 saturated carbocycles. The van der Waals surface area contributed by atoms with Crippen LogP contribution in [0.3, 0.4) is 0 Å². The predicted octanol–water partition coefficient (Wildman–Crippen LogP) is -0.214. The van der Waals surface area contributed by atoms with E-state index < -0.39 is 5.91 Å². The molecule has 34 valence electrons. The lowest BCUT2D eigenvalue weighted by Gasteiger charge is -2.01. The monoisotopic (exact) mass is 85.1 g/mol. The van der Waals surface area contributed by atoms with Gasteiger partial charge in [0.25, 0.3) is 0 Å². The second kappa shape index (κ2) is 1.80. The van der Waals surface area contributed by atoms with Crippen LogP contribution in [0.4, 0.5) is 0 Å². The number of carbonyl (C=O) groups excluding carboxylic acids is 1. The molecule has 0 N–H and O–H groups in total. The van der Waals surface area contributed by atoms with Crippen molar-refractivity contribution < 1.29 is 4.79 Å². The van der Waals surface area contributed by atoms with Gasteiger partial charge in [-0.25, -0.2) is 0 Å². The van der Waals surface area contributed by atoms with E-state index in [4.69, 9.17) is 6.92 Å². The lowest BCUT2D eigenvalue weighted by atomic mass is 10.7. The van der Waals surface area contributed by atoms with Crippen molar-refractivity contribution in [1.29, 1.82) is 0 Å². The van der Waals surface area contributed by atoms with Crippen molar-refractivity contribution in [2.75, 3.05) is 14.1 Å². The van der Waals surface area contributed by atoms with Gasteiger partial charge in [-0.05, 0) is 0 Å². The largest absolute Gasteiger partial charge is 0.349 e. The minimum absolute atomic E-state index is 0.407. The molecule has 0 aromatic rings. The molecule has 0 spiro atoms. The van der Waals surface area contributed by atoms with Crippen LogP contribution in [0.1, 0.15) is 0 Å². The van der Waals surface area contributed by atoms with Crippen LogP contribution in [0.5, 0.6) is 0 Å². The van der Waals surface area contributed by atoms with Crippen LogP contribution < -0.4 is 0 Å². The number of nitrogens with zero attached hydrogens (tertiary/aromatic N) is 1.